The van der Waals surface area contributed by atoms with Gasteiger partial charge in [0.05, 0.1) is 5.69 Å². The molecule has 0 aliphatic rings. The van der Waals surface area contributed by atoms with Crippen LogP contribution in [0, 0.1) is 5.82 Å². The fourth-order valence-electron chi connectivity index (χ4n) is 1.71. The molecule has 2 N–H and O–H groups in total. The zero-order valence-electron chi connectivity index (χ0n) is 11.6. The SMILES string of the molecule is CC(C)(C)n1ccnc(Oc2ccc(F)cc2N)c1=O. The fraction of sp³-hybridized carbons (Fsp3) is 0.286. The second-order valence-corrected chi connectivity index (χ2v) is 5.36. The Morgan fingerprint density at radius 3 is 2.65 bits per heavy atom. The zero-order chi connectivity index (χ0) is 14.9. The van der Waals surface area contributed by atoms with Crippen LogP contribution >= 0.6 is 0 Å². The van der Waals surface area contributed by atoms with Crippen molar-refractivity contribution in [3.05, 3.63) is 46.8 Å². The van der Waals surface area contributed by atoms with Crippen LogP contribution in [0.15, 0.2) is 35.4 Å². The molecule has 2 aromatic rings. The van der Waals surface area contributed by atoms with Crippen LogP contribution in [0.1, 0.15) is 20.8 Å². The number of nitrogens with two attached hydrogens (primary N) is 1. The number of anilines is 1. The summed E-state index contributed by atoms with van der Waals surface area (Å²) in [6.07, 6.45) is 3.06. The second kappa shape index (κ2) is 4.96. The van der Waals surface area contributed by atoms with Crippen molar-refractivity contribution in [1.82, 2.24) is 9.55 Å². The van der Waals surface area contributed by atoms with Crippen molar-refractivity contribution in [2.75, 3.05) is 5.73 Å². The maximum atomic E-state index is 13.0. The first-order valence-electron chi connectivity index (χ1n) is 6.10. The number of nitrogen functional groups attached to an aromatic ring is 1. The topological polar surface area (TPSA) is 70.1 Å². The van der Waals surface area contributed by atoms with Crippen LogP contribution in [0.25, 0.3) is 0 Å². The molecule has 20 heavy (non-hydrogen) atoms. The van der Waals surface area contributed by atoms with Gasteiger partial charge in [-0.2, -0.15) is 0 Å². The Bertz CT molecular complexity index is 690. The Kier molecular flexibility index (Phi) is 3.48. The average molecular weight is 277 g/mol. The highest BCUT2D eigenvalue weighted by Gasteiger charge is 2.18. The third-order valence-corrected chi connectivity index (χ3v) is 2.71. The van der Waals surface area contributed by atoms with Gasteiger partial charge < -0.3 is 15.0 Å². The van der Waals surface area contributed by atoms with Gasteiger partial charge in [-0.1, -0.05) is 0 Å². The summed E-state index contributed by atoms with van der Waals surface area (Å²) in [4.78, 5) is 16.2. The molecule has 0 fully saturated rings. The monoisotopic (exact) mass is 277 g/mol. The van der Waals surface area contributed by atoms with Gasteiger partial charge in [-0.25, -0.2) is 9.37 Å². The van der Waals surface area contributed by atoms with E-state index in [4.69, 9.17) is 10.5 Å². The number of halogens is 1. The summed E-state index contributed by atoms with van der Waals surface area (Å²) < 4.78 is 19.9. The molecular weight excluding hydrogens is 261 g/mol. The van der Waals surface area contributed by atoms with Gasteiger partial charge in [0.15, 0.2) is 5.75 Å². The molecule has 1 heterocycles. The summed E-state index contributed by atoms with van der Waals surface area (Å²) in [6.45, 7) is 5.68. The van der Waals surface area contributed by atoms with Crippen molar-refractivity contribution in [3.8, 4) is 11.6 Å². The van der Waals surface area contributed by atoms with Crippen LogP contribution in [0.4, 0.5) is 10.1 Å². The first-order chi connectivity index (χ1) is 9.29. The zero-order valence-corrected chi connectivity index (χ0v) is 11.6. The van der Waals surface area contributed by atoms with Crippen molar-refractivity contribution in [3.63, 3.8) is 0 Å². The molecule has 0 saturated heterocycles. The van der Waals surface area contributed by atoms with Gasteiger partial charge in [-0.15, -0.1) is 0 Å². The van der Waals surface area contributed by atoms with Crippen molar-refractivity contribution < 1.29 is 9.13 Å². The highest BCUT2D eigenvalue weighted by atomic mass is 19.1. The maximum Gasteiger partial charge on any atom is 0.314 e. The van der Waals surface area contributed by atoms with E-state index in [1.807, 2.05) is 20.8 Å². The first kappa shape index (κ1) is 14.0. The molecule has 0 bridgehead atoms. The van der Waals surface area contributed by atoms with E-state index >= 15 is 0 Å². The number of hydrogen-bond donors (Lipinski definition) is 1. The lowest BCUT2D eigenvalue weighted by atomic mass is 10.1. The molecule has 6 heteroatoms. The summed E-state index contributed by atoms with van der Waals surface area (Å²) in [5.74, 6) is -0.369. The minimum Gasteiger partial charge on any atom is -0.432 e. The van der Waals surface area contributed by atoms with Crippen LogP contribution in [0.5, 0.6) is 11.6 Å². The summed E-state index contributed by atoms with van der Waals surface area (Å²) in [7, 11) is 0. The Morgan fingerprint density at radius 2 is 2.05 bits per heavy atom. The maximum absolute atomic E-state index is 13.0. The predicted molar refractivity (Wildman–Crippen MR) is 74.4 cm³/mol. The molecule has 0 amide bonds. The quantitative estimate of drug-likeness (QED) is 0.856. The molecule has 5 nitrogen and oxygen atoms in total. The molecule has 1 aromatic carbocycles. The summed E-state index contributed by atoms with van der Waals surface area (Å²) >= 11 is 0. The van der Waals surface area contributed by atoms with Crippen LogP contribution in [0.3, 0.4) is 0 Å². The lowest BCUT2D eigenvalue weighted by Gasteiger charge is -2.22. The molecular formula is C14H16FN3O2. The van der Waals surface area contributed by atoms with Gasteiger partial charge >= 0.3 is 5.56 Å². The third-order valence-electron chi connectivity index (χ3n) is 2.71. The van der Waals surface area contributed by atoms with Gasteiger partial charge in [0.1, 0.15) is 5.82 Å². The van der Waals surface area contributed by atoms with Crippen LogP contribution in [-0.4, -0.2) is 9.55 Å². The largest absolute Gasteiger partial charge is 0.432 e. The van der Waals surface area contributed by atoms with Crippen molar-refractivity contribution in [2.45, 2.75) is 26.3 Å². The summed E-state index contributed by atoms with van der Waals surface area (Å²) in [6, 6.07) is 3.69. The average Bonchev–Trinajstić information content (AvgIpc) is 2.33. The van der Waals surface area contributed by atoms with E-state index in [2.05, 4.69) is 4.98 Å². The number of ether oxygens (including phenoxy) is 1. The van der Waals surface area contributed by atoms with E-state index in [0.29, 0.717) is 0 Å². The number of benzene rings is 1. The first-order valence-corrected chi connectivity index (χ1v) is 6.10. The van der Waals surface area contributed by atoms with Gasteiger partial charge in [0.25, 0.3) is 5.88 Å². The second-order valence-electron chi connectivity index (χ2n) is 5.36. The lowest BCUT2D eigenvalue weighted by molar-refractivity contribution is 0.363. The highest BCUT2D eigenvalue weighted by molar-refractivity contribution is 5.53. The van der Waals surface area contributed by atoms with Crippen LogP contribution in [0.2, 0.25) is 0 Å². The molecule has 106 valence electrons. The normalized spacial score (nSPS) is 11.4. The molecule has 0 aliphatic carbocycles. The van der Waals surface area contributed by atoms with Crippen LogP contribution in [-0.2, 0) is 5.54 Å². The molecule has 2 rings (SSSR count). The number of rotatable bonds is 2. The van der Waals surface area contributed by atoms with Crippen molar-refractivity contribution in [1.29, 1.82) is 0 Å². The fourth-order valence-corrected chi connectivity index (χ4v) is 1.71. The van der Waals surface area contributed by atoms with E-state index < -0.39 is 11.4 Å². The number of aromatic nitrogens is 2. The van der Waals surface area contributed by atoms with E-state index in [-0.39, 0.29) is 22.9 Å². The molecule has 0 spiro atoms. The molecule has 0 atom stereocenters. The standard InChI is InChI=1S/C14H16FN3O2/c1-14(2,3)18-7-6-17-12(13(18)19)20-11-5-4-9(15)8-10(11)16/h4-8H,16H2,1-3H3. The van der Waals surface area contributed by atoms with Gasteiger partial charge in [-0.3, -0.25) is 4.79 Å². The van der Waals surface area contributed by atoms with E-state index in [0.717, 1.165) is 6.07 Å². The molecule has 0 aliphatic heterocycles. The molecule has 0 radical (unpaired) electrons. The number of nitrogens with zero attached hydrogens (tertiary/aromatic N) is 2. The Labute approximate surface area is 115 Å². The highest BCUT2D eigenvalue weighted by Crippen LogP contribution is 2.25. The van der Waals surface area contributed by atoms with Crippen molar-refractivity contribution >= 4 is 5.69 Å². The molecule has 1 aromatic heterocycles. The minimum atomic E-state index is -0.469. The van der Waals surface area contributed by atoms with E-state index in [1.165, 1.54) is 22.9 Å². The van der Waals surface area contributed by atoms with E-state index in [9.17, 15) is 9.18 Å². The third kappa shape index (κ3) is 2.79. The predicted octanol–water partition coefficient (Wildman–Crippen LogP) is 2.51. The molecule has 0 unspecified atom stereocenters. The van der Waals surface area contributed by atoms with E-state index in [1.54, 1.807) is 6.20 Å². The van der Waals surface area contributed by atoms with Crippen LogP contribution < -0.4 is 16.0 Å². The summed E-state index contributed by atoms with van der Waals surface area (Å²) in [5.41, 5.74) is 4.98. The number of hydrogen-bond acceptors (Lipinski definition) is 4. The van der Waals surface area contributed by atoms with Gasteiger partial charge in [-0.05, 0) is 32.9 Å². The van der Waals surface area contributed by atoms with Crippen molar-refractivity contribution in [2.24, 2.45) is 0 Å². The Hall–Kier alpha value is -2.37. The summed E-state index contributed by atoms with van der Waals surface area (Å²) in [5, 5.41) is 0. The minimum absolute atomic E-state index is 0.0965. The Morgan fingerprint density at radius 1 is 1.35 bits per heavy atom. The molecule has 0 saturated carbocycles. The Balaban J connectivity index is 2.42. The smallest absolute Gasteiger partial charge is 0.314 e. The van der Waals surface area contributed by atoms with Gasteiger partial charge in [0, 0.05) is 24.0 Å². The lowest BCUT2D eigenvalue weighted by Crippen LogP contribution is -2.34. The van der Waals surface area contributed by atoms with Gasteiger partial charge in [0.2, 0.25) is 0 Å².